The second-order valence-corrected chi connectivity index (χ2v) is 6.83. The van der Waals surface area contributed by atoms with E-state index in [2.05, 4.69) is 21.0 Å². The van der Waals surface area contributed by atoms with Gasteiger partial charge in [0.05, 0.1) is 11.1 Å². The van der Waals surface area contributed by atoms with E-state index in [9.17, 15) is 4.79 Å². The maximum atomic E-state index is 12.8. The number of carbonyl (C=O) groups excluding carboxylic acids is 1. The molecule has 0 N–H and O–H groups in total. The van der Waals surface area contributed by atoms with E-state index in [1.807, 2.05) is 55.4 Å². The molecule has 0 amide bonds. The quantitative estimate of drug-likeness (QED) is 0.360. The maximum Gasteiger partial charge on any atom is 0.191 e. The number of halogens is 2. The molecule has 0 spiro atoms. The molecule has 3 aromatic rings. The van der Waals surface area contributed by atoms with Crippen LogP contribution in [0.5, 0.6) is 0 Å². The zero-order valence-corrected chi connectivity index (χ0v) is 15.5. The number of hydrogen-bond acceptors (Lipinski definition) is 3. The van der Waals surface area contributed by atoms with Crippen LogP contribution in [0.15, 0.2) is 59.2 Å². The van der Waals surface area contributed by atoms with Crippen molar-refractivity contribution in [2.24, 2.45) is 0 Å². The van der Waals surface area contributed by atoms with Crippen molar-refractivity contribution < 1.29 is 4.79 Å². The number of benzene rings is 1. The molecule has 0 bridgehead atoms. The Labute approximate surface area is 153 Å². The molecule has 0 aliphatic heterocycles. The molecule has 2 aromatic heterocycles. The molecule has 0 fully saturated rings. The summed E-state index contributed by atoms with van der Waals surface area (Å²) in [5, 5.41) is 5.03. The van der Waals surface area contributed by atoms with E-state index >= 15 is 0 Å². The first kappa shape index (κ1) is 16.7. The number of allylic oxidation sites excluding steroid dienone is 1. The van der Waals surface area contributed by atoms with Crippen molar-refractivity contribution in [3.05, 3.63) is 69.9 Å². The Hall–Kier alpha value is -2.11. The predicted molar refractivity (Wildman–Crippen MR) is 100 cm³/mol. The van der Waals surface area contributed by atoms with Gasteiger partial charge in [0.2, 0.25) is 0 Å². The summed E-state index contributed by atoms with van der Waals surface area (Å²) in [4.78, 5) is 14.6. The highest BCUT2D eigenvalue weighted by molar-refractivity contribution is 9.10. The van der Waals surface area contributed by atoms with Gasteiger partial charge in [0.15, 0.2) is 5.78 Å². The van der Waals surface area contributed by atoms with Crippen LogP contribution in [0, 0.1) is 0 Å². The van der Waals surface area contributed by atoms with Gasteiger partial charge in [0.25, 0.3) is 0 Å². The fourth-order valence-electron chi connectivity index (χ4n) is 2.42. The van der Waals surface area contributed by atoms with Crippen LogP contribution in [0.25, 0.3) is 16.8 Å². The van der Waals surface area contributed by atoms with Crippen molar-refractivity contribution in [3.63, 3.8) is 0 Å². The van der Waals surface area contributed by atoms with Gasteiger partial charge in [-0.05, 0) is 24.3 Å². The molecule has 0 aliphatic rings. The summed E-state index contributed by atoms with van der Waals surface area (Å²) in [5.74, 6) is -0.115. The van der Waals surface area contributed by atoms with E-state index in [-0.39, 0.29) is 5.78 Å². The van der Waals surface area contributed by atoms with E-state index in [0.29, 0.717) is 21.9 Å². The van der Waals surface area contributed by atoms with Gasteiger partial charge in [-0.15, -0.1) is 0 Å². The minimum Gasteiger partial charge on any atom is -0.383 e. The largest absolute Gasteiger partial charge is 0.383 e. The summed E-state index contributed by atoms with van der Waals surface area (Å²) in [5.41, 5.74) is 2.68. The molecule has 2 heterocycles. The van der Waals surface area contributed by atoms with Crippen LogP contribution in [0.3, 0.4) is 0 Å². The highest BCUT2D eigenvalue weighted by atomic mass is 79.9. The summed E-state index contributed by atoms with van der Waals surface area (Å²) >= 11 is 9.71. The van der Waals surface area contributed by atoms with E-state index in [4.69, 9.17) is 11.6 Å². The van der Waals surface area contributed by atoms with Gasteiger partial charge in [0, 0.05) is 36.4 Å². The van der Waals surface area contributed by atoms with Gasteiger partial charge in [-0.2, -0.15) is 5.10 Å². The highest BCUT2D eigenvalue weighted by Gasteiger charge is 2.20. The van der Waals surface area contributed by atoms with Crippen LogP contribution >= 0.6 is 27.5 Å². The monoisotopic (exact) mass is 403 g/mol. The average molecular weight is 405 g/mol. The Morgan fingerprint density at radius 3 is 2.71 bits per heavy atom. The van der Waals surface area contributed by atoms with Gasteiger partial charge < -0.3 is 4.90 Å². The number of aromatic nitrogens is 2. The molecule has 6 heteroatoms. The normalized spacial score (nSPS) is 11.3. The number of rotatable bonds is 4. The van der Waals surface area contributed by atoms with Crippen LogP contribution in [0.1, 0.15) is 10.4 Å². The first-order chi connectivity index (χ1) is 11.5. The SMILES string of the molecule is CN(C)C=CC(=O)c1c(-c2cccc(Br)c2)nn2c(Cl)cccc12. The molecule has 1 aromatic carbocycles. The summed E-state index contributed by atoms with van der Waals surface area (Å²) < 4.78 is 2.51. The Bertz CT molecular complexity index is 947. The molecular formula is C18H15BrClN3O. The first-order valence-electron chi connectivity index (χ1n) is 7.29. The third-order valence-electron chi connectivity index (χ3n) is 3.48. The van der Waals surface area contributed by atoms with Gasteiger partial charge in [-0.1, -0.05) is 45.7 Å². The van der Waals surface area contributed by atoms with Crippen LogP contribution in [0.4, 0.5) is 0 Å². The number of ketones is 1. The Kier molecular flexibility index (Phi) is 4.73. The predicted octanol–water partition coefficient (Wildman–Crippen LogP) is 4.68. The summed E-state index contributed by atoms with van der Waals surface area (Å²) in [6.07, 6.45) is 3.26. The standard InChI is InChI=1S/C18H15BrClN3O/c1-22(2)10-9-15(24)17-14-7-4-8-16(20)23(14)21-18(17)12-5-3-6-13(19)11-12/h3-11H,1-2H3. The van der Waals surface area contributed by atoms with Gasteiger partial charge >= 0.3 is 0 Å². The lowest BCUT2D eigenvalue weighted by molar-refractivity contribution is 0.104. The highest BCUT2D eigenvalue weighted by Crippen LogP contribution is 2.30. The third kappa shape index (κ3) is 3.23. The van der Waals surface area contributed by atoms with Crippen LogP contribution in [0.2, 0.25) is 5.15 Å². The molecule has 3 rings (SSSR count). The maximum absolute atomic E-state index is 12.8. The Morgan fingerprint density at radius 1 is 1.25 bits per heavy atom. The van der Waals surface area contributed by atoms with E-state index in [0.717, 1.165) is 10.0 Å². The Morgan fingerprint density at radius 2 is 2.00 bits per heavy atom. The number of nitrogens with zero attached hydrogens (tertiary/aromatic N) is 3. The summed E-state index contributed by atoms with van der Waals surface area (Å²) in [7, 11) is 3.73. The van der Waals surface area contributed by atoms with Crippen molar-refractivity contribution >= 4 is 38.8 Å². The second kappa shape index (κ2) is 6.79. The summed E-state index contributed by atoms with van der Waals surface area (Å²) in [6.45, 7) is 0. The number of pyridine rings is 1. The lowest BCUT2D eigenvalue weighted by Gasteiger charge is -2.04. The van der Waals surface area contributed by atoms with Crippen molar-refractivity contribution in [1.82, 2.24) is 14.5 Å². The lowest BCUT2D eigenvalue weighted by Crippen LogP contribution is -2.03. The molecule has 122 valence electrons. The molecule has 0 saturated carbocycles. The zero-order chi connectivity index (χ0) is 17.3. The van der Waals surface area contributed by atoms with Crippen molar-refractivity contribution in [2.45, 2.75) is 0 Å². The molecule has 0 aliphatic carbocycles. The molecule has 4 nitrogen and oxygen atoms in total. The van der Waals surface area contributed by atoms with Crippen molar-refractivity contribution in [3.8, 4) is 11.3 Å². The fourth-order valence-corrected chi connectivity index (χ4v) is 3.02. The minimum atomic E-state index is -0.115. The van der Waals surface area contributed by atoms with Crippen LogP contribution in [-0.2, 0) is 0 Å². The van der Waals surface area contributed by atoms with Gasteiger partial charge in [-0.25, -0.2) is 4.52 Å². The van der Waals surface area contributed by atoms with E-state index in [1.165, 1.54) is 0 Å². The molecule has 0 unspecified atom stereocenters. The molecule has 0 radical (unpaired) electrons. The Balaban J connectivity index is 2.26. The lowest BCUT2D eigenvalue weighted by atomic mass is 10.0. The van der Waals surface area contributed by atoms with E-state index in [1.54, 1.807) is 22.9 Å². The van der Waals surface area contributed by atoms with Gasteiger partial charge in [-0.3, -0.25) is 4.79 Å². The first-order valence-corrected chi connectivity index (χ1v) is 8.46. The molecular weight excluding hydrogens is 390 g/mol. The number of hydrogen-bond donors (Lipinski definition) is 0. The summed E-state index contributed by atoms with van der Waals surface area (Å²) in [6, 6.07) is 13.1. The fraction of sp³-hybridized carbons (Fsp3) is 0.111. The second-order valence-electron chi connectivity index (χ2n) is 5.52. The van der Waals surface area contributed by atoms with Crippen LogP contribution in [-0.4, -0.2) is 34.4 Å². The number of carbonyl (C=O) groups is 1. The van der Waals surface area contributed by atoms with E-state index < -0.39 is 0 Å². The topological polar surface area (TPSA) is 37.6 Å². The third-order valence-corrected chi connectivity index (χ3v) is 4.26. The smallest absolute Gasteiger partial charge is 0.191 e. The molecule has 0 saturated heterocycles. The average Bonchev–Trinajstić information content (AvgIpc) is 2.93. The molecule has 24 heavy (non-hydrogen) atoms. The number of fused-ring (bicyclic) bond motifs is 1. The van der Waals surface area contributed by atoms with Gasteiger partial charge in [0.1, 0.15) is 10.8 Å². The van der Waals surface area contributed by atoms with Crippen molar-refractivity contribution in [1.29, 1.82) is 0 Å². The minimum absolute atomic E-state index is 0.115. The zero-order valence-electron chi connectivity index (χ0n) is 13.2. The van der Waals surface area contributed by atoms with Crippen LogP contribution < -0.4 is 0 Å². The van der Waals surface area contributed by atoms with Crippen molar-refractivity contribution in [2.75, 3.05) is 14.1 Å². The molecule has 0 atom stereocenters.